The number of halogens is 1. The third-order valence-electron chi connectivity index (χ3n) is 4.08. The van der Waals surface area contributed by atoms with Crippen LogP contribution in [0.3, 0.4) is 0 Å². The van der Waals surface area contributed by atoms with E-state index < -0.39 is 0 Å². The van der Waals surface area contributed by atoms with Gasteiger partial charge in [0.1, 0.15) is 5.75 Å². The summed E-state index contributed by atoms with van der Waals surface area (Å²) in [5, 5.41) is 3.58. The van der Waals surface area contributed by atoms with Crippen LogP contribution in [0.15, 0.2) is 22.7 Å². The fraction of sp³-hybridized carbons (Fsp3) is 0.600. The molecule has 1 N–H and O–H groups in total. The Morgan fingerprint density at radius 2 is 1.95 bits per heavy atom. The van der Waals surface area contributed by atoms with Crippen molar-refractivity contribution in [2.75, 3.05) is 25.6 Å². The maximum atomic E-state index is 5.76. The number of benzene rings is 1. The molecule has 20 heavy (non-hydrogen) atoms. The fourth-order valence-corrected chi connectivity index (χ4v) is 3.52. The molecular weight excluding hydrogens is 322 g/mol. The molecule has 3 rings (SSSR count). The number of methoxy groups -OCH3 is 1. The Bertz CT molecular complexity index is 464. The van der Waals surface area contributed by atoms with Crippen LogP contribution in [-0.4, -0.2) is 32.2 Å². The van der Waals surface area contributed by atoms with Crippen LogP contribution >= 0.6 is 15.9 Å². The van der Waals surface area contributed by atoms with Crippen LogP contribution in [0.4, 0.5) is 5.69 Å². The molecular formula is C15H20BrNO3. The number of ether oxygens (including phenoxy) is 3. The minimum atomic E-state index is -0.279. The number of anilines is 1. The van der Waals surface area contributed by atoms with E-state index in [-0.39, 0.29) is 5.79 Å². The Labute approximate surface area is 127 Å². The highest BCUT2D eigenvalue weighted by atomic mass is 79.9. The predicted molar refractivity (Wildman–Crippen MR) is 81.2 cm³/mol. The van der Waals surface area contributed by atoms with Gasteiger partial charge in [-0.3, -0.25) is 0 Å². The molecule has 0 bridgehead atoms. The van der Waals surface area contributed by atoms with Crippen molar-refractivity contribution in [1.82, 2.24) is 0 Å². The first-order chi connectivity index (χ1) is 9.71. The van der Waals surface area contributed by atoms with Crippen LogP contribution in [0, 0.1) is 0 Å². The summed E-state index contributed by atoms with van der Waals surface area (Å²) in [6.45, 7) is 1.48. The number of hydrogen-bond donors (Lipinski definition) is 1. The van der Waals surface area contributed by atoms with E-state index in [2.05, 4.69) is 33.4 Å². The van der Waals surface area contributed by atoms with E-state index in [0.29, 0.717) is 6.04 Å². The first kappa shape index (κ1) is 14.2. The monoisotopic (exact) mass is 341 g/mol. The summed E-state index contributed by atoms with van der Waals surface area (Å²) in [5.74, 6) is 0.574. The Hall–Kier alpha value is -0.780. The molecule has 0 radical (unpaired) electrons. The van der Waals surface area contributed by atoms with Gasteiger partial charge in [-0.2, -0.15) is 0 Å². The molecule has 1 spiro atoms. The lowest BCUT2D eigenvalue weighted by Gasteiger charge is -2.36. The van der Waals surface area contributed by atoms with Gasteiger partial charge in [-0.25, -0.2) is 0 Å². The second kappa shape index (κ2) is 5.92. The highest BCUT2D eigenvalue weighted by molar-refractivity contribution is 9.10. The van der Waals surface area contributed by atoms with Crippen LogP contribution < -0.4 is 10.1 Å². The fourth-order valence-electron chi connectivity index (χ4n) is 2.98. The summed E-state index contributed by atoms with van der Waals surface area (Å²) in [6, 6.07) is 6.57. The first-order valence-electron chi connectivity index (χ1n) is 7.09. The van der Waals surface area contributed by atoms with Crippen molar-refractivity contribution in [3.05, 3.63) is 22.7 Å². The van der Waals surface area contributed by atoms with Gasteiger partial charge in [0.15, 0.2) is 5.79 Å². The van der Waals surface area contributed by atoms with E-state index in [9.17, 15) is 0 Å². The molecule has 0 aromatic heterocycles. The summed E-state index contributed by atoms with van der Waals surface area (Å²) in [4.78, 5) is 0. The standard InChI is InChI=1S/C15H20BrNO3/c1-18-14-3-2-12(10-13(14)16)17-11-4-6-15(7-5-11)19-8-9-20-15/h2-3,10-11,17H,4-9H2,1H3. The van der Waals surface area contributed by atoms with Crippen molar-refractivity contribution in [3.8, 4) is 5.75 Å². The Morgan fingerprint density at radius 1 is 1.25 bits per heavy atom. The zero-order valence-electron chi connectivity index (χ0n) is 11.7. The molecule has 2 fully saturated rings. The summed E-state index contributed by atoms with van der Waals surface area (Å²) >= 11 is 3.52. The van der Waals surface area contributed by atoms with E-state index in [1.54, 1.807) is 7.11 Å². The van der Waals surface area contributed by atoms with Crippen molar-refractivity contribution in [3.63, 3.8) is 0 Å². The summed E-state index contributed by atoms with van der Waals surface area (Å²) in [7, 11) is 1.68. The predicted octanol–water partition coefficient (Wildman–Crippen LogP) is 3.56. The molecule has 4 nitrogen and oxygen atoms in total. The average Bonchev–Trinajstić information content (AvgIpc) is 2.90. The van der Waals surface area contributed by atoms with E-state index >= 15 is 0 Å². The van der Waals surface area contributed by atoms with Crippen LogP contribution in [0.25, 0.3) is 0 Å². The van der Waals surface area contributed by atoms with Gasteiger partial charge >= 0.3 is 0 Å². The Morgan fingerprint density at radius 3 is 2.55 bits per heavy atom. The molecule has 1 aromatic rings. The smallest absolute Gasteiger partial charge is 0.168 e. The molecule has 1 aliphatic carbocycles. The van der Waals surface area contributed by atoms with Crippen molar-refractivity contribution in [1.29, 1.82) is 0 Å². The lowest BCUT2D eigenvalue weighted by atomic mass is 9.90. The van der Waals surface area contributed by atoms with Crippen LogP contribution in [0.2, 0.25) is 0 Å². The largest absolute Gasteiger partial charge is 0.496 e. The van der Waals surface area contributed by atoms with Gasteiger partial charge in [0.05, 0.1) is 24.8 Å². The zero-order chi connectivity index (χ0) is 14.0. The molecule has 5 heteroatoms. The topological polar surface area (TPSA) is 39.7 Å². The minimum absolute atomic E-state index is 0.279. The second-order valence-corrected chi connectivity index (χ2v) is 6.23. The number of nitrogens with one attached hydrogen (secondary N) is 1. The molecule has 2 aliphatic rings. The Balaban J connectivity index is 1.58. The second-order valence-electron chi connectivity index (χ2n) is 5.38. The molecule has 110 valence electrons. The van der Waals surface area contributed by atoms with Crippen molar-refractivity contribution in [2.45, 2.75) is 37.5 Å². The normalized spacial score (nSPS) is 22.1. The van der Waals surface area contributed by atoms with Gasteiger partial charge in [0.25, 0.3) is 0 Å². The average molecular weight is 342 g/mol. The lowest BCUT2D eigenvalue weighted by Crippen LogP contribution is -2.39. The summed E-state index contributed by atoms with van der Waals surface area (Å²) in [5.41, 5.74) is 1.12. The number of hydrogen-bond acceptors (Lipinski definition) is 4. The van der Waals surface area contributed by atoms with Gasteiger partial charge < -0.3 is 19.5 Å². The van der Waals surface area contributed by atoms with Gasteiger partial charge in [-0.1, -0.05) is 0 Å². The van der Waals surface area contributed by atoms with Crippen molar-refractivity contribution < 1.29 is 14.2 Å². The van der Waals surface area contributed by atoms with E-state index in [1.165, 1.54) is 0 Å². The lowest BCUT2D eigenvalue weighted by molar-refractivity contribution is -0.177. The maximum Gasteiger partial charge on any atom is 0.168 e. The van der Waals surface area contributed by atoms with Crippen LogP contribution in [0.5, 0.6) is 5.75 Å². The summed E-state index contributed by atoms with van der Waals surface area (Å²) < 4.78 is 17.7. The first-order valence-corrected chi connectivity index (χ1v) is 7.88. The molecule has 0 amide bonds. The molecule has 1 saturated heterocycles. The summed E-state index contributed by atoms with van der Waals surface area (Å²) in [6.07, 6.45) is 4.09. The van der Waals surface area contributed by atoms with Crippen LogP contribution in [-0.2, 0) is 9.47 Å². The Kier molecular flexibility index (Phi) is 4.19. The third-order valence-corrected chi connectivity index (χ3v) is 4.70. The molecule has 1 heterocycles. The van der Waals surface area contributed by atoms with Gasteiger partial charge in [-0.15, -0.1) is 0 Å². The van der Waals surface area contributed by atoms with Crippen molar-refractivity contribution >= 4 is 21.6 Å². The maximum absolute atomic E-state index is 5.76. The molecule has 0 unspecified atom stereocenters. The van der Waals surface area contributed by atoms with Gasteiger partial charge in [-0.05, 0) is 47.0 Å². The molecule has 1 aromatic carbocycles. The third kappa shape index (κ3) is 2.95. The SMILES string of the molecule is COc1ccc(NC2CCC3(CC2)OCCO3)cc1Br. The van der Waals surface area contributed by atoms with Gasteiger partial charge in [0.2, 0.25) is 0 Å². The zero-order valence-corrected chi connectivity index (χ0v) is 13.2. The number of rotatable bonds is 3. The molecule has 1 aliphatic heterocycles. The molecule has 0 atom stereocenters. The van der Waals surface area contributed by atoms with E-state index in [0.717, 1.165) is 54.8 Å². The van der Waals surface area contributed by atoms with E-state index in [4.69, 9.17) is 14.2 Å². The van der Waals surface area contributed by atoms with Crippen LogP contribution in [0.1, 0.15) is 25.7 Å². The van der Waals surface area contributed by atoms with Gasteiger partial charge in [0, 0.05) is 24.6 Å². The minimum Gasteiger partial charge on any atom is -0.496 e. The highest BCUT2D eigenvalue weighted by Crippen LogP contribution is 2.37. The van der Waals surface area contributed by atoms with E-state index in [1.807, 2.05) is 6.07 Å². The van der Waals surface area contributed by atoms with Crippen molar-refractivity contribution in [2.24, 2.45) is 0 Å². The quantitative estimate of drug-likeness (QED) is 0.912. The highest BCUT2D eigenvalue weighted by Gasteiger charge is 2.40. The molecule has 1 saturated carbocycles.